The summed E-state index contributed by atoms with van der Waals surface area (Å²) in [5.74, 6) is 0. The van der Waals surface area contributed by atoms with Gasteiger partial charge in [-0.15, -0.1) is 0 Å². The lowest BCUT2D eigenvalue weighted by atomic mass is 10.1. The van der Waals surface area contributed by atoms with Gasteiger partial charge in [-0.2, -0.15) is 0 Å². The maximum Gasteiger partial charge on any atom is 0.0953 e. The van der Waals surface area contributed by atoms with Gasteiger partial charge in [0.15, 0.2) is 0 Å². The van der Waals surface area contributed by atoms with Gasteiger partial charge in [-0.1, -0.05) is 24.3 Å². The highest BCUT2D eigenvalue weighted by atomic mass is 15.0. The van der Waals surface area contributed by atoms with E-state index in [1.165, 1.54) is 11.1 Å². The van der Waals surface area contributed by atoms with E-state index in [0.29, 0.717) is 6.04 Å². The summed E-state index contributed by atoms with van der Waals surface area (Å²) in [5, 5.41) is 3.23. The van der Waals surface area contributed by atoms with Crippen molar-refractivity contribution in [2.45, 2.75) is 26.4 Å². The Hall–Kier alpha value is -1.61. The first-order valence-corrected chi connectivity index (χ1v) is 6.04. The van der Waals surface area contributed by atoms with E-state index in [1.807, 2.05) is 13.4 Å². The maximum atomic E-state index is 4.40. The summed E-state index contributed by atoms with van der Waals surface area (Å²) in [6.07, 6.45) is 3.95. The number of imidazole rings is 1. The fourth-order valence-corrected chi connectivity index (χ4v) is 1.79. The second-order valence-electron chi connectivity index (χ2n) is 4.22. The van der Waals surface area contributed by atoms with Crippen molar-refractivity contribution in [3.8, 4) is 11.3 Å². The van der Waals surface area contributed by atoms with Gasteiger partial charge in [-0.05, 0) is 26.5 Å². The van der Waals surface area contributed by atoms with Crippen LogP contribution in [0.25, 0.3) is 11.3 Å². The summed E-state index contributed by atoms with van der Waals surface area (Å²) in [6, 6.07) is 8.96. The van der Waals surface area contributed by atoms with Crippen molar-refractivity contribution in [2.75, 3.05) is 7.05 Å². The molecular formula is C14H19N3. The van der Waals surface area contributed by atoms with E-state index in [9.17, 15) is 0 Å². The van der Waals surface area contributed by atoms with E-state index in [4.69, 9.17) is 0 Å². The normalized spacial score (nSPS) is 12.6. The van der Waals surface area contributed by atoms with Crippen LogP contribution in [-0.2, 0) is 6.54 Å². The van der Waals surface area contributed by atoms with Crippen molar-refractivity contribution < 1.29 is 0 Å². The van der Waals surface area contributed by atoms with Gasteiger partial charge in [0.05, 0.1) is 12.0 Å². The van der Waals surface area contributed by atoms with E-state index in [1.54, 1.807) is 0 Å². The highest BCUT2D eigenvalue weighted by Crippen LogP contribution is 2.20. The fourth-order valence-electron chi connectivity index (χ4n) is 1.79. The third kappa shape index (κ3) is 2.56. The van der Waals surface area contributed by atoms with Crippen LogP contribution in [0.2, 0.25) is 0 Å². The van der Waals surface area contributed by atoms with Gasteiger partial charge in [0.1, 0.15) is 0 Å². The summed E-state index contributed by atoms with van der Waals surface area (Å²) in [6.45, 7) is 5.23. The SMILES string of the molecule is CCn1cnc(-c2ccc(C(C)NC)cc2)c1. The zero-order chi connectivity index (χ0) is 12.3. The zero-order valence-electron chi connectivity index (χ0n) is 10.6. The molecule has 1 N–H and O–H groups in total. The predicted molar refractivity (Wildman–Crippen MR) is 70.8 cm³/mol. The third-order valence-electron chi connectivity index (χ3n) is 3.14. The van der Waals surface area contributed by atoms with E-state index in [2.05, 4.69) is 59.2 Å². The number of aryl methyl sites for hydroxylation is 1. The number of benzene rings is 1. The molecule has 0 bridgehead atoms. The molecule has 0 aliphatic heterocycles. The number of rotatable bonds is 4. The molecule has 90 valence electrons. The maximum absolute atomic E-state index is 4.40. The van der Waals surface area contributed by atoms with Gasteiger partial charge in [0, 0.05) is 24.3 Å². The standard InChI is InChI=1S/C14H19N3/c1-4-17-9-14(16-10-17)13-7-5-12(6-8-13)11(2)15-3/h5-11,15H,4H2,1-3H3. The highest BCUT2D eigenvalue weighted by molar-refractivity contribution is 5.58. The summed E-state index contributed by atoms with van der Waals surface area (Å²) in [5.41, 5.74) is 3.51. The molecule has 0 spiro atoms. The number of aromatic nitrogens is 2. The zero-order valence-corrected chi connectivity index (χ0v) is 10.6. The van der Waals surface area contributed by atoms with Crippen LogP contribution in [0.15, 0.2) is 36.8 Å². The molecule has 1 unspecified atom stereocenters. The average molecular weight is 229 g/mol. The number of hydrogen-bond acceptors (Lipinski definition) is 2. The lowest BCUT2D eigenvalue weighted by Crippen LogP contribution is -2.11. The summed E-state index contributed by atoms with van der Waals surface area (Å²) >= 11 is 0. The Morgan fingerprint density at radius 1 is 1.29 bits per heavy atom. The Bertz CT molecular complexity index is 470. The monoisotopic (exact) mass is 229 g/mol. The summed E-state index contributed by atoms with van der Waals surface area (Å²) in [4.78, 5) is 4.40. The van der Waals surface area contributed by atoms with Crippen LogP contribution in [0.1, 0.15) is 25.5 Å². The summed E-state index contributed by atoms with van der Waals surface area (Å²) < 4.78 is 2.08. The quantitative estimate of drug-likeness (QED) is 0.873. The van der Waals surface area contributed by atoms with Crippen LogP contribution in [-0.4, -0.2) is 16.6 Å². The van der Waals surface area contributed by atoms with Gasteiger partial charge in [-0.25, -0.2) is 4.98 Å². The molecular weight excluding hydrogens is 210 g/mol. The largest absolute Gasteiger partial charge is 0.337 e. The van der Waals surface area contributed by atoms with Crippen molar-refractivity contribution in [2.24, 2.45) is 0 Å². The molecule has 0 radical (unpaired) electrons. The van der Waals surface area contributed by atoms with E-state index in [-0.39, 0.29) is 0 Å². The Kier molecular flexibility index (Phi) is 3.59. The second kappa shape index (κ2) is 5.15. The Morgan fingerprint density at radius 2 is 2.00 bits per heavy atom. The lowest BCUT2D eigenvalue weighted by molar-refractivity contribution is 0.652. The molecule has 0 aliphatic carbocycles. The number of hydrogen-bond donors (Lipinski definition) is 1. The molecule has 1 atom stereocenters. The molecule has 17 heavy (non-hydrogen) atoms. The molecule has 1 heterocycles. The molecule has 3 heteroatoms. The van der Waals surface area contributed by atoms with Crippen LogP contribution in [0.5, 0.6) is 0 Å². The average Bonchev–Trinajstić information content (AvgIpc) is 2.87. The molecule has 0 saturated heterocycles. The summed E-state index contributed by atoms with van der Waals surface area (Å²) in [7, 11) is 1.97. The van der Waals surface area contributed by atoms with Crippen LogP contribution >= 0.6 is 0 Å². The van der Waals surface area contributed by atoms with Gasteiger partial charge < -0.3 is 9.88 Å². The Morgan fingerprint density at radius 3 is 2.53 bits per heavy atom. The molecule has 0 aliphatic rings. The van der Waals surface area contributed by atoms with Crippen molar-refractivity contribution in [1.29, 1.82) is 0 Å². The number of nitrogens with one attached hydrogen (secondary N) is 1. The minimum absolute atomic E-state index is 0.386. The molecule has 0 saturated carbocycles. The second-order valence-corrected chi connectivity index (χ2v) is 4.22. The van der Waals surface area contributed by atoms with Gasteiger partial charge in [0.25, 0.3) is 0 Å². The first-order valence-electron chi connectivity index (χ1n) is 6.04. The minimum atomic E-state index is 0.386. The third-order valence-corrected chi connectivity index (χ3v) is 3.14. The Labute approximate surface area is 103 Å². The van der Waals surface area contributed by atoms with Gasteiger partial charge >= 0.3 is 0 Å². The predicted octanol–water partition coefficient (Wildman–Crippen LogP) is 2.85. The lowest BCUT2D eigenvalue weighted by Gasteiger charge is -2.10. The molecule has 0 amide bonds. The smallest absolute Gasteiger partial charge is 0.0953 e. The fraction of sp³-hybridized carbons (Fsp3) is 0.357. The Balaban J connectivity index is 2.22. The molecule has 0 fully saturated rings. The molecule has 3 nitrogen and oxygen atoms in total. The van der Waals surface area contributed by atoms with Crippen molar-refractivity contribution in [3.05, 3.63) is 42.4 Å². The first kappa shape index (κ1) is 11.9. The molecule has 2 aromatic rings. The van der Waals surface area contributed by atoms with Crippen molar-refractivity contribution in [1.82, 2.24) is 14.9 Å². The van der Waals surface area contributed by atoms with Crippen LogP contribution in [0.4, 0.5) is 0 Å². The number of nitrogens with zero attached hydrogens (tertiary/aromatic N) is 2. The molecule has 1 aromatic carbocycles. The van der Waals surface area contributed by atoms with Crippen molar-refractivity contribution >= 4 is 0 Å². The van der Waals surface area contributed by atoms with Crippen LogP contribution in [0.3, 0.4) is 0 Å². The van der Waals surface area contributed by atoms with Crippen molar-refractivity contribution in [3.63, 3.8) is 0 Å². The molecule has 1 aromatic heterocycles. The van der Waals surface area contributed by atoms with Crippen LogP contribution < -0.4 is 5.32 Å². The minimum Gasteiger partial charge on any atom is -0.337 e. The van der Waals surface area contributed by atoms with E-state index in [0.717, 1.165) is 12.2 Å². The topological polar surface area (TPSA) is 29.9 Å². The van der Waals surface area contributed by atoms with E-state index >= 15 is 0 Å². The van der Waals surface area contributed by atoms with Gasteiger partial charge in [0.2, 0.25) is 0 Å². The van der Waals surface area contributed by atoms with Crippen LogP contribution in [0, 0.1) is 0 Å². The first-order chi connectivity index (χ1) is 8.24. The molecule has 2 rings (SSSR count). The highest BCUT2D eigenvalue weighted by Gasteiger charge is 2.04. The van der Waals surface area contributed by atoms with E-state index < -0.39 is 0 Å². The van der Waals surface area contributed by atoms with Gasteiger partial charge in [-0.3, -0.25) is 0 Å².